The molecule has 0 aliphatic heterocycles. The van der Waals surface area contributed by atoms with Gasteiger partial charge in [0.1, 0.15) is 24.5 Å². The molecule has 20 heavy (non-hydrogen) atoms. The van der Waals surface area contributed by atoms with Gasteiger partial charge in [-0.25, -0.2) is 4.79 Å². The number of hydroxylamine groups is 2. The number of aldehydes is 1. The summed E-state index contributed by atoms with van der Waals surface area (Å²) in [6, 6.07) is 8.67. The second-order valence-corrected chi connectivity index (χ2v) is 5.44. The van der Waals surface area contributed by atoms with E-state index >= 15 is 0 Å². The largest absolute Gasteiger partial charge is 0.442 e. The number of amides is 1. The van der Waals surface area contributed by atoms with Gasteiger partial charge in [-0.1, -0.05) is 30.3 Å². The van der Waals surface area contributed by atoms with E-state index in [1.807, 2.05) is 30.3 Å². The number of hydrogen-bond acceptors (Lipinski definition) is 4. The second kappa shape index (κ2) is 7.05. The van der Waals surface area contributed by atoms with Crippen molar-refractivity contribution in [3.63, 3.8) is 0 Å². The summed E-state index contributed by atoms with van der Waals surface area (Å²) in [5.74, 6) is 0. The van der Waals surface area contributed by atoms with E-state index in [9.17, 15) is 9.59 Å². The highest BCUT2D eigenvalue weighted by Gasteiger charge is 2.27. The van der Waals surface area contributed by atoms with E-state index in [1.54, 1.807) is 27.7 Å². The molecule has 0 radical (unpaired) electrons. The molecule has 0 saturated heterocycles. The van der Waals surface area contributed by atoms with E-state index in [0.717, 1.165) is 10.6 Å². The average molecular weight is 279 g/mol. The van der Waals surface area contributed by atoms with E-state index in [1.165, 1.54) is 0 Å². The van der Waals surface area contributed by atoms with Crippen LogP contribution in [0.1, 0.15) is 33.3 Å². The Labute approximate surface area is 119 Å². The number of hydrogen-bond donors (Lipinski definition) is 0. The summed E-state index contributed by atoms with van der Waals surface area (Å²) >= 11 is 0. The Kier molecular flexibility index (Phi) is 5.70. The molecule has 5 nitrogen and oxygen atoms in total. The fourth-order valence-corrected chi connectivity index (χ4v) is 1.42. The van der Waals surface area contributed by atoms with Crippen molar-refractivity contribution in [1.29, 1.82) is 0 Å². The van der Waals surface area contributed by atoms with Crippen molar-refractivity contribution in [2.75, 3.05) is 0 Å². The van der Waals surface area contributed by atoms with Gasteiger partial charge in [-0.05, 0) is 33.3 Å². The zero-order valence-corrected chi connectivity index (χ0v) is 12.3. The summed E-state index contributed by atoms with van der Waals surface area (Å²) in [5, 5.41) is 0.964. The fourth-order valence-electron chi connectivity index (χ4n) is 1.42. The number of nitrogens with zero attached hydrogens (tertiary/aromatic N) is 1. The van der Waals surface area contributed by atoms with Crippen molar-refractivity contribution in [2.45, 2.75) is 45.9 Å². The van der Waals surface area contributed by atoms with E-state index < -0.39 is 17.7 Å². The third-order valence-corrected chi connectivity index (χ3v) is 2.35. The summed E-state index contributed by atoms with van der Waals surface area (Å²) in [6.07, 6.45) is -0.0393. The Hall–Kier alpha value is -1.88. The van der Waals surface area contributed by atoms with E-state index in [2.05, 4.69) is 0 Å². The lowest BCUT2D eigenvalue weighted by molar-refractivity contribution is -0.176. The SMILES string of the molecule is C[C@@H](C=O)N(OCc1ccccc1)C(=O)OC(C)(C)C. The lowest BCUT2D eigenvalue weighted by Crippen LogP contribution is -2.42. The normalized spacial score (nSPS) is 12.6. The third kappa shape index (κ3) is 5.40. The summed E-state index contributed by atoms with van der Waals surface area (Å²) in [4.78, 5) is 28.3. The molecule has 0 aliphatic carbocycles. The van der Waals surface area contributed by atoms with Gasteiger partial charge in [-0.3, -0.25) is 4.84 Å². The number of ether oxygens (including phenoxy) is 1. The van der Waals surface area contributed by atoms with Crippen LogP contribution >= 0.6 is 0 Å². The van der Waals surface area contributed by atoms with Crippen LogP contribution in [0.15, 0.2) is 30.3 Å². The molecule has 0 spiro atoms. The first-order valence-electron chi connectivity index (χ1n) is 6.48. The molecule has 0 bridgehead atoms. The highest BCUT2D eigenvalue weighted by atomic mass is 16.7. The topological polar surface area (TPSA) is 55.8 Å². The first-order valence-corrected chi connectivity index (χ1v) is 6.48. The first kappa shape index (κ1) is 16.2. The van der Waals surface area contributed by atoms with Gasteiger partial charge < -0.3 is 9.53 Å². The fraction of sp³-hybridized carbons (Fsp3) is 0.467. The zero-order valence-electron chi connectivity index (χ0n) is 12.3. The van der Waals surface area contributed by atoms with Crippen LogP contribution in [0.4, 0.5) is 4.79 Å². The minimum absolute atomic E-state index is 0.193. The van der Waals surface area contributed by atoms with Gasteiger partial charge >= 0.3 is 6.09 Å². The Morgan fingerprint density at radius 3 is 2.40 bits per heavy atom. The number of rotatable bonds is 5. The first-order chi connectivity index (χ1) is 9.33. The molecule has 0 heterocycles. The molecule has 1 aromatic rings. The van der Waals surface area contributed by atoms with Gasteiger partial charge in [-0.2, -0.15) is 5.06 Å². The highest BCUT2D eigenvalue weighted by Crippen LogP contribution is 2.13. The van der Waals surface area contributed by atoms with Crippen LogP contribution in [0.25, 0.3) is 0 Å². The Balaban J connectivity index is 2.70. The van der Waals surface area contributed by atoms with Crippen LogP contribution in [0.2, 0.25) is 0 Å². The van der Waals surface area contributed by atoms with Crippen molar-refractivity contribution in [3.8, 4) is 0 Å². The molecule has 110 valence electrons. The summed E-state index contributed by atoms with van der Waals surface area (Å²) in [6.45, 7) is 7.03. The van der Waals surface area contributed by atoms with Crippen molar-refractivity contribution < 1.29 is 19.2 Å². The second-order valence-electron chi connectivity index (χ2n) is 5.44. The summed E-state index contributed by atoms with van der Waals surface area (Å²) in [7, 11) is 0. The van der Waals surface area contributed by atoms with Gasteiger partial charge in [-0.15, -0.1) is 0 Å². The molecule has 0 N–H and O–H groups in total. The van der Waals surface area contributed by atoms with Gasteiger partial charge in [0.25, 0.3) is 0 Å². The van der Waals surface area contributed by atoms with Gasteiger partial charge in [0.2, 0.25) is 0 Å². The van der Waals surface area contributed by atoms with Crippen LogP contribution in [-0.2, 0) is 21.0 Å². The standard InChI is InChI=1S/C15H21NO4/c1-12(10-17)16(14(18)20-15(2,3)4)19-11-13-8-6-5-7-9-13/h5-10,12H,11H2,1-4H3/t12-/m0/s1. The summed E-state index contributed by atoms with van der Waals surface area (Å²) in [5.41, 5.74) is 0.257. The highest BCUT2D eigenvalue weighted by molar-refractivity contribution is 5.72. The molecule has 5 heteroatoms. The third-order valence-electron chi connectivity index (χ3n) is 2.35. The minimum Gasteiger partial charge on any atom is -0.442 e. The molecular weight excluding hydrogens is 258 g/mol. The Bertz CT molecular complexity index is 439. The molecule has 0 aromatic heterocycles. The number of carbonyl (C=O) groups is 2. The number of carbonyl (C=O) groups excluding carboxylic acids is 2. The molecule has 1 amide bonds. The van der Waals surface area contributed by atoms with Crippen LogP contribution in [0, 0.1) is 0 Å². The predicted molar refractivity (Wildman–Crippen MR) is 74.8 cm³/mol. The Morgan fingerprint density at radius 2 is 1.90 bits per heavy atom. The molecule has 0 unspecified atom stereocenters. The van der Waals surface area contributed by atoms with E-state index in [4.69, 9.17) is 9.57 Å². The van der Waals surface area contributed by atoms with Gasteiger partial charge in [0.05, 0.1) is 0 Å². The van der Waals surface area contributed by atoms with Crippen molar-refractivity contribution in [1.82, 2.24) is 5.06 Å². The monoisotopic (exact) mass is 279 g/mol. The molecule has 1 atom stereocenters. The van der Waals surface area contributed by atoms with Crippen LogP contribution < -0.4 is 0 Å². The molecule has 0 aliphatic rings. The lowest BCUT2D eigenvalue weighted by Gasteiger charge is -2.28. The van der Waals surface area contributed by atoms with E-state index in [-0.39, 0.29) is 6.61 Å². The van der Waals surface area contributed by atoms with Crippen molar-refractivity contribution in [2.24, 2.45) is 0 Å². The van der Waals surface area contributed by atoms with Crippen LogP contribution in [-0.4, -0.2) is 29.1 Å². The molecule has 1 rings (SSSR count). The van der Waals surface area contributed by atoms with Crippen molar-refractivity contribution in [3.05, 3.63) is 35.9 Å². The molecule has 0 fully saturated rings. The van der Waals surface area contributed by atoms with Gasteiger partial charge in [0.15, 0.2) is 0 Å². The summed E-state index contributed by atoms with van der Waals surface area (Å²) < 4.78 is 5.21. The van der Waals surface area contributed by atoms with Gasteiger partial charge in [0, 0.05) is 0 Å². The van der Waals surface area contributed by atoms with Crippen LogP contribution in [0.3, 0.4) is 0 Å². The average Bonchev–Trinajstić information content (AvgIpc) is 2.37. The lowest BCUT2D eigenvalue weighted by atomic mass is 10.2. The molecule has 0 saturated carbocycles. The maximum Gasteiger partial charge on any atom is 0.435 e. The van der Waals surface area contributed by atoms with Crippen molar-refractivity contribution >= 4 is 12.4 Å². The Morgan fingerprint density at radius 1 is 1.30 bits per heavy atom. The molecule has 1 aromatic carbocycles. The number of benzene rings is 1. The molecular formula is C15H21NO4. The quantitative estimate of drug-likeness (QED) is 0.614. The maximum atomic E-state index is 12.0. The smallest absolute Gasteiger partial charge is 0.435 e. The maximum absolute atomic E-state index is 12.0. The zero-order chi connectivity index (χ0) is 15.2. The van der Waals surface area contributed by atoms with Crippen LogP contribution in [0.5, 0.6) is 0 Å². The van der Waals surface area contributed by atoms with E-state index in [0.29, 0.717) is 6.29 Å². The minimum atomic E-state index is -0.714. The predicted octanol–water partition coefficient (Wildman–Crippen LogP) is 2.94.